The van der Waals surface area contributed by atoms with Gasteiger partial charge in [0, 0.05) is 25.9 Å². The van der Waals surface area contributed by atoms with Crippen LogP contribution in [0.2, 0.25) is 0 Å². The van der Waals surface area contributed by atoms with Gasteiger partial charge in [0.2, 0.25) is 11.8 Å². The van der Waals surface area contributed by atoms with Gasteiger partial charge in [0.1, 0.15) is 0 Å². The molecule has 136 valence electrons. The summed E-state index contributed by atoms with van der Waals surface area (Å²) < 4.78 is 10.2. The fourth-order valence-electron chi connectivity index (χ4n) is 3.06. The second-order valence-electron chi connectivity index (χ2n) is 6.65. The topological polar surface area (TPSA) is 106 Å². The Morgan fingerprint density at radius 1 is 0.760 bits per heavy atom. The Labute approximate surface area is 144 Å². The first-order valence-electron chi connectivity index (χ1n) is 8.44. The van der Waals surface area contributed by atoms with E-state index in [1.54, 1.807) is 0 Å². The molecule has 0 aromatic heterocycles. The minimum absolute atomic E-state index is 0.0717. The number of carbonyl (C=O) groups is 4. The van der Waals surface area contributed by atoms with Gasteiger partial charge in [-0.25, -0.2) is 9.59 Å². The van der Waals surface area contributed by atoms with E-state index in [-0.39, 0.29) is 69.7 Å². The number of carbonyl (C=O) groups excluding carboxylic acids is 4. The molecule has 0 N–H and O–H groups in total. The van der Waals surface area contributed by atoms with Crippen LogP contribution in [0.4, 0.5) is 9.59 Å². The number of hydrogen-bond donors (Lipinski definition) is 0. The van der Waals surface area contributed by atoms with Gasteiger partial charge in [-0.05, 0) is 0 Å². The zero-order valence-electron chi connectivity index (χ0n) is 13.8. The van der Waals surface area contributed by atoms with Gasteiger partial charge in [0.15, 0.2) is 0 Å². The van der Waals surface area contributed by atoms with Crippen LogP contribution in [0.1, 0.15) is 12.8 Å². The number of nitrogens with zero attached hydrogens (tertiary/aromatic N) is 4. The monoisotopic (exact) mass is 352 g/mol. The molecule has 2 unspecified atom stereocenters. The molecule has 2 atom stereocenters. The lowest BCUT2D eigenvalue weighted by molar-refractivity contribution is -0.132. The first kappa shape index (κ1) is 16.3. The van der Waals surface area contributed by atoms with E-state index in [0.29, 0.717) is 13.2 Å². The number of imide groups is 2. The van der Waals surface area contributed by atoms with Gasteiger partial charge in [0.25, 0.3) is 0 Å². The Kier molecular flexibility index (Phi) is 4.08. The van der Waals surface area contributed by atoms with E-state index in [4.69, 9.17) is 9.47 Å². The van der Waals surface area contributed by atoms with Crippen LogP contribution in [0, 0.1) is 0 Å². The number of ether oxygens (including phenoxy) is 2. The van der Waals surface area contributed by atoms with E-state index in [1.165, 1.54) is 19.6 Å². The van der Waals surface area contributed by atoms with E-state index in [2.05, 4.69) is 0 Å². The molecule has 6 amide bonds. The van der Waals surface area contributed by atoms with Gasteiger partial charge in [0.05, 0.1) is 45.2 Å². The van der Waals surface area contributed by atoms with Crippen molar-refractivity contribution in [2.45, 2.75) is 25.0 Å². The Morgan fingerprint density at radius 2 is 1.16 bits per heavy atom. The van der Waals surface area contributed by atoms with Crippen LogP contribution in [0.3, 0.4) is 0 Å². The molecule has 4 aliphatic heterocycles. The zero-order valence-corrected chi connectivity index (χ0v) is 13.8. The first-order valence-corrected chi connectivity index (χ1v) is 8.44. The van der Waals surface area contributed by atoms with Crippen molar-refractivity contribution in [3.63, 3.8) is 0 Å². The molecular formula is C15H20N4O6. The molecule has 0 bridgehead atoms. The van der Waals surface area contributed by atoms with Gasteiger partial charge >= 0.3 is 12.1 Å². The van der Waals surface area contributed by atoms with Gasteiger partial charge < -0.3 is 19.3 Å². The lowest BCUT2D eigenvalue weighted by Gasteiger charge is -2.40. The fraction of sp³-hybridized carbons (Fsp3) is 0.733. The minimum Gasteiger partial charge on any atom is -0.371 e. The van der Waals surface area contributed by atoms with Crippen LogP contribution in [-0.2, 0) is 19.1 Å². The Hall–Kier alpha value is -2.20. The van der Waals surface area contributed by atoms with Crippen molar-refractivity contribution < 1.29 is 28.7 Å². The lowest BCUT2D eigenvalue weighted by atomic mass is 10.2. The second-order valence-corrected chi connectivity index (χ2v) is 6.65. The van der Waals surface area contributed by atoms with Gasteiger partial charge in [-0.2, -0.15) is 0 Å². The third kappa shape index (κ3) is 3.45. The van der Waals surface area contributed by atoms with Crippen LogP contribution in [0.25, 0.3) is 0 Å². The van der Waals surface area contributed by atoms with Crippen molar-refractivity contribution in [2.75, 3.05) is 46.1 Å². The highest BCUT2D eigenvalue weighted by molar-refractivity contribution is 5.98. The molecule has 4 aliphatic rings. The molecule has 0 aromatic rings. The second kappa shape index (κ2) is 6.26. The normalized spacial score (nSPS) is 29.6. The highest BCUT2D eigenvalue weighted by Crippen LogP contribution is 2.20. The van der Waals surface area contributed by atoms with Crippen molar-refractivity contribution >= 4 is 23.9 Å². The first-order chi connectivity index (χ1) is 12.0. The maximum atomic E-state index is 12.6. The van der Waals surface area contributed by atoms with Crippen LogP contribution < -0.4 is 0 Å². The summed E-state index contributed by atoms with van der Waals surface area (Å²) in [6, 6.07) is -0.818. The van der Waals surface area contributed by atoms with Crippen LogP contribution in [-0.4, -0.2) is 102 Å². The molecular weight excluding hydrogens is 332 g/mol. The van der Waals surface area contributed by atoms with Crippen molar-refractivity contribution in [3.8, 4) is 0 Å². The molecule has 0 spiro atoms. The molecule has 4 heterocycles. The number of epoxide rings is 2. The molecule has 25 heavy (non-hydrogen) atoms. The van der Waals surface area contributed by atoms with Crippen LogP contribution >= 0.6 is 0 Å². The largest absolute Gasteiger partial charge is 0.371 e. The Balaban J connectivity index is 1.39. The highest BCUT2D eigenvalue weighted by Gasteiger charge is 2.41. The molecule has 4 rings (SSSR count). The van der Waals surface area contributed by atoms with Gasteiger partial charge in [-0.15, -0.1) is 0 Å². The smallest absolute Gasteiger partial charge is 0.328 e. The summed E-state index contributed by atoms with van der Waals surface area (Å²) in [5.41, 5.74) is 0. The summed E-state index contributed by atoms with van der Waals surface area (Å²) in [6.07, 6.45) is 0.296. The fourth-order valence-corrected chi connectivity index (χ4v) is 3.06. The molecule has 0 saturated carbocycles. The predicted octanol–water partition coefficient (Wildman–Crippen LogP) is -0.950. The third-order valence-electron chi connectivity index (χ3n) is 4.71. The molecule has 10 heteroatoms. The third-order valence-corrected chi connectivity index (χ3v) is 4.71. The van der Waals surface area contributed by atoms with E-state index < -0.39 is 12.1 Å². The van der Waals surface area contributed by atoms with Crippen LogP contribution in [0.15, 0.2) is 0 Å². The number of hydrogen-bond acceptors (Lipinski definition) is 6. The summed E-state index contributed by atoms with van der Waals surface area (Å²) in [4.78, 5) is 54.4. The molecule has 10 nitrogen and oxygen atoms in total. The zero-order chi connectivity index (χ0) is 17.6. The molecule has 0 aromatic carbocycles. The highest BCUT2D eigenvalue weighted by atomic mass is 16.6. The number of urea groups is 2. The summed E-state index contributed by atoms with van der Waals surface area (Å²) in [6.45, 7) is 2.23. The molecule has 0 aliphatic carbocycles. The van der Waals surface area contributed by atoms with Gasteiger partial charge in [-0.3, -0.25) is 19.4 Å². The van der Waals surface area contributed by atoms with Crippen molar-refractivity contribution in [1.29, 1.82) is 0 Å². The molecule has 4 saturated heterocycles. The predicted molar refractivity (Wildman–Crippen MR) is 81.2 cm³/mol. The van der Waals surface area contributed by atoms with E-state index in [9.17, 15) is 19.2 Å². The number of amides is 6. The summed E-state index contributed by atoms with van der Waals surface area (Å²) in [5, 5.41) is 0. The average Bonchev–Trinajstić information content (AvgIpc) is 3.48. The Bertz CT molecular complexity index is 565. The SMILES string of the molecule is O=C1CCN(CN2CCC(=O)N(CC3CO3)C2=O)C(=O)N1CC1CO1. The van der Waals surface area contributed by atoms with E-state index in [0.717, 1.165) is 0 Å². The maximum Gasteiger partial charge on any atom is 0.328 e. The average molecular weight is 352 g/mol. The number of rotatable bonds is 6. The summed E-state index contributed by atoms with van der Waals surface area (Å²) in [7, 11) is 0. The summed E-state index contributed by atoms with van der Waals surface area (Å²) >= 11 is 0. The van der Waals surface area contributed by atoms with Gasteiger partial charge in [-0.1, -0.05) is 0 Å². The molecule has 0 radical (unpaired) electrons. The van der Waals surface area contributed by atoms with Crippen molar-refractivity contribution in [3.05, 3.63) is 0 Å². The molecule has 4 fully saturated rings. The quantitative estimate of drug-likeness (QED) is 0.571. The van der Waals surface area contributed by atoms with E-state index in [1.807, 2.05) is 0 Å². The van der Waals surface area contributed by atoms with E-state index >= 15 is 0 Å². The van der Waals surface area contributed by atoms with Crippen LogP contribution in [0.5, 0.6) is 0 Å². The lowest BCUT2D eigenvalue weighted by Crippen LogP contribution is -2.60. The van der Waals surface area contributed by atoms with Crippen molar-refractivity contribution in [1.82, 2.24) is 19.6 Å². The summed E-state index contributed by atoms with van der Waals surface area (Å²) in [5.74, 6) is -0.436. The minimum atomic E-state index is -0.409. The standard InChI is InChI=1S/C15H20N4O6/c20-12-1-3-16(14(22)18(12)5-10-7-24-10)9-17-4-2-13(21)19(15(17)23)6-11-8-25-11/h10-11H,1-9H2. The maximum absolute atomic E-state index is 12.6. The van der Waals surface area contributed by atoms with Crippen molar-refractivity contribution in [2.24, 2.45) is 0 Å². The Morgan fingerprint density at radius 3 is 1.52 bits per heavy atom.